The van der Waals surface area contributed by atoms with Crippen molar-refractivity contribution in [1.29, 1.82) is 0 Å². The van der Waals surface area contributed by atoms with Gasteiger partial charge in [0, 0.05) is 6.54 Å². The van der Waals surface area contributed by atoms with Crippen molar-refractivity contribution in [3.05, 3.63) is 35.7 Å². The highest BCUT2D eigenvalue weighted by Gasteiger charge is 2.14. The number of para-hydroxylation sites is 2. The van der Waals surface area contributed by atoms with E-state index in [9.17, 15) is 5.11 Å². The first-order chi connectivity index (χ1) is 10.2. The van der Waals surface area contributed by atoms with Crippen LogP contribution in [0, 0.1) is 5.92 Å². The summed E-state index contributed by atoms with van der Waals surface area (Å²) in [6.45, 7) is 5.08. The highest BCUT2D eigenvalue weighted by atomic mass is 16.5. The predicted octanol–water partition coefficient (Wildman–Crippen LogP) is 2.01. The van der Waals surface area contributed by atoms with E-state index in [0.29, 0.717) is 23.1 Å². The van der Waals surface area contributed by atoms with Crippen LogP contribution in [-0.2, 0) is 19.8 Å². The molecule has 6 nitrogen and oxygen atoms in total. The first-order valence-electron chi connectivity index (χ1n) is 6.93. The molecule has 1 N–H and O–H groups in total. The summed E-state index contributed by atoms with van der Waals surface area (Å²) in [6.07, 6.45) is 0. The molecule has 0 saturated carbocycles. The molecule has 0 saturated heterocycles. The highest BCUT2D eigenvalue weighted by molar-refractivity contribution is 5.39. The second-order valence-electron chi connectivity index (χ2n) is 5.16. The van der Waals surface area contributed by atoms with Crippen LogP contribution in [-0.4, -0.2) is 27.2 Å². The van der Waals surface area contributed by atoms with Crippen LogP contribution >= 0.6 is 0 Å². The third kappa shape index (κ3) is 3.72. The van der Waals surface area contributed by atoms with Crippen LogP contribution in [0.4, 0.5) is 0 Å². The smallest absolute Gasteiger partial charge is 0.161 e. The molecular weight excluding hydrogens is 270 g/mol. The summed E-state index contributed by atoms with van der Waals surface area (Å²) in [4.78, 5) is 0. The van der Waals surface area contributed by atoms with E-state index >= 15 is 0 Å². The van der Waals surface area contributed by atoms with Crippen molar-refractivity contribution in [2.45, 2.75) is 33.6 Å². The second-order valence-corrected chi connectivity index (χ2v) is 5.16. The molecule has 6 heteroatoms. The van der Waals surface area contributed by atoms with E-state index in [1.807, 2.05) is 24.3 Å². The Kier molecular flexibility index (Phi) is 5.16. The topological polar surface area (TPSA) is 69.4 Å². The molecule has 2 rings (SSSR count). The lowest BCUT2D eigenvalue weighted by Crippen LogP contribution is -2.13. The Hall–Kier alpha value is -2.08. The summed E-state index contributed by atoms with van der Waals surface area (Å²) in [7, 11) is 1.60. The van der Waals surface area contributed by atoms with Gasteiger partial charge in [-0.25, -0.2) is 4.68 Å². The number of methoxy groups -OCH3 is 1. The standard InChI is InChI=1S/C15H21N3O3/c1-11(2)8-18-13(12(9-19)16-17-18)10-21-15-7-5-4-6-14(15)20-3/h4-7,11,19H,8-10H2,1-3H3. The van der Waals surface area contributed by atoms with Crippen LogP contribution in [0.5, 0.6) is 11.5 Å². The van der Waals surface area contributed by atoms with Crippen LogP contribution in [0.1, 0.15) is 25.2 Å². The van der Waals surface area contributed by atoms with E-state index in [1.54, 1.807) is 11.8 Å². The molecular formula is C15H21N3O3. The summed E-state index contributed by atoms with van der Waals surface area (Å²) < 4.78 is 12.8. The predicted molar refractivity (Wildman–Crippen MR) is 78.1 cm³/mol. The largest absolute Gasteiger partial charge is 0.493 e. The number of hydrogen-bond acceptors (Lipinski definition) is 5. The first kappa shape index (κ1) is 15.3. The molecule has 0 unspecified atom stereocenters. The van der Waals surface area contributed by atoms with Crippen molar-refractivity contribution < 1.29 is 14.6 Å². The van der Waals surface area contributed by atoms with E-state index in [0.717, 1.165) is 12.2 Å². The fourth-order valence-corrected chi connectivity index (χ4v) is 2.03. The fourth-order valence-electron chi connectivity index (χ4n) is 2.03. The number of nitrogens with zero attached hydrogens (tertiary/aromatic N) is 3. The zero-order valence-corrected chi connectivity index (χ0v) is 12.6. The van der Waals surface area contributed by atoms with E-state index in [-0.39, 0.29) is 13.2 Å². The van der Waals surface area contributed by atoms with Crippen molar-refractivity contribution in [2.75, 3.05) is 7.11 Å². The Morgan fingerprint density at radius 3 is 2.57 bits per heavy atom. The molecule has 1 aromatic carbocycles. The monoisotopic (exact) mass is 291 g/mol. The van der Waals surface area contributed by atoms with E-state index in [4.69, 9.17) is 9.47 Å². The fraction of sp³-hybridized carbons (Fsp3) is 0.467. The van der Waals surface area contributed by atoms with E-state index in [2.05, 4.69) is 24.2 Å². The summed E-state index contributed by atoms with van der Waals surface area (Å²) in [6, 6.07) is 7.45. The van der Waals surface area contributed by atoms with E-state index in [1.165, 1.54) is 0 Å². The van der Waals surface area contributed by atoms with Crippen LogP contribution < -0.4 is 9.47 Å². The number of aromatic nitrogens is 3. The Morgan fingerprint density at radius 2 is 1.95 bits per heavy atom. The van der Waals surface area contributed by atoms with Crippen molar-refractivity contribution in [3.8, 4) is 11.5 Å². The number of rotatable bonds is 7. The maximum Gasteiger partial charge on any atom is 0.161 e. The number of aliphatic hydroxyl groups is 1. The van der Waals surface area contributed by atoms with Crippen molar-refractivity contribution >= 4 is 0 Å². The number of hydrogen-bond donors (Lipinski definition) is 1. The lowest BCUT2D eigenvalue weighted by molar-refractivity contribution is 0.253. The van der Waals surface area contributed by atoms with Gasteiger partial charge in [-0.2, -0.15) is 0 Å². The molecule has 2 aromatic rings. The maximum absolute atomic E-state index is 9.37. The minimum Gasteiger partial charge on any atom is -0.493 e. The Morgan fingerprint density at radius 1 is 1.24 bits per heavy atom. The van der Waals surface area contributed by atoms with Gasteiger partial charge in [0.1, 0.15) is 18.0 Å². The Labute approximate surface area is 124 Å². The van der Waals surface area contributed by atoms with E-state index < -0.39 is 0 Å². The average molecular weight is 291 g/mol. The van der Waals surface area contributed by atoms with Gasteiger partial charge in [0.2, 0.25) is 0 Å². The van der Waals surface area contributed by atoms with Crippen LogP contribution in [0.25, 0.3) is 0 Å². The van der Waals surface area contributed by atoms with Gasteiger partial charge >= 0.3 is 0 Å². The van der Waals surface area contributed by atoms with Gasteiger partial charge in [-0.05, 0) is 18.1 Å². The Balaban J connectivity index is 2.16. The quantitative estimate of drug-likeness (QED) is 0.845. The van der Waals surface area contributed by atoms with Crippen LogP contribution in [0.3, 0.4) is 0 Å². The molecule has 0 amide bonds. The molecule has 114 valence electrons. The molecule has 0 radical (unpaired) electrons. The van der Waals surface area contributed by atoms with Gasteiger partial charge in [0.25, 0.3) is 0 Å². The van der Waals surface area contributed by atoms with Crippen molar-refractivity contribution in [1.82, 2.24) is 15.0 Å². The molecule has 1 heterocycles. The minimum atomic E-state index is -0.150. The van der Waals surface area contributed by atoms with Gasteiger partial charge in [-0.3, -0.25) is 0 Å². The zero-order chi connectivity index (χ0) is 15.2. The normalized spacial score (nSPS) is 10.9. The van der Waals surface area contributed by atoms with Gasteiger partial charge < -0.3 is 14.6 Å². The lowest BCUT2D eigenvalue weighted by Gasteiger charge is -2.13. The molecule has 0 aliphatic carbocycles. The van der Waals surface area contributed by atoms with Gasteiger partial charge in [-0.1, -0.05) is 31.2 Å². The third-order valence-corrected chi connectivity index (χ3v) is 3.04. The molecule has 0 aliphatic rings. The number of aliphatic hydroxyl groups excluding tert-OH is 1. The number of benzene rings is 1. The first-order valence-corrected chi connectivity index (χ1v) is 6.93. The zero-order valence-electron chi connectivity index (χ0n) is 12.6. The molecule has 0 aliphatic heterocycles. The van der Waals surface area contributed by atoms with Crippen LogP contribution in [0.2, 0.25) is 0 Å². The summed E-state index contributed by atoms with van der Waals surface area (Å²) in [5.74, 6) is 1.76. The minimum absolute atomic E-state index is 0.150. The summed E-state index contributed by atoms with van der Waals surface area (Å²) in [5.41, 5.74) is 1.34. The third-order valence-electron chi connectivity index (χ3n) is 3.04. The SMILES string of the molecule is COc1ccccc1OCc1c(CO)nnn1CC(C)C. The Bertz CT molecular complexity index is 581. The molecule has 0 bridgehead atoms. The van der Waals surface area contributed by atoms with Crippen LogP contribution in [0.15, 0.2) is 24.3 Å². The molecule has 0 spiro atoms. The van der Waals surface area contributed by atoms with Gasteiger partial charge in [0.05, 0.1) is 13.7 Å². The van der Waals surface area contributed by atoms with Crippen molar-refractivity contribution in [3.63, 3.8) is 0 Å². The van der Waals surface area contributed by atoms with Gasteiger partial charge in [0.15, 0.2) is 11.5 Å². The maximum atomic E-state index is 9.37. The summed E-state index contributed by atoms with van der Waals surface area (Å²) >= 11 is 0. The summed E-state index contributed by atoms with van der Waals surface area (Å²) in [5, 5.41) is 17.4. The van der Waals surface area contributed by atoms with Crippen molar-refractivity contribution in [2.24, 2.45) is 5.92 Å². The average Bonchev–Trinajstić information content (AvgIpc) is 2.86. The molecule has 1 aromatic heterocycles. The highest BCUT2D eigenvalue weighted by Crippen LogP contribution is 2.26. The van der Waals surface area contributed by atoms with Gasteiger partial charge in [-0.15, -0.1) is 5.10 Å². The lowest BCUT2D eigenvalue weighted by atomic mass is 10.2. The molecule has 21 heavy (non-hydrogen) atoms. The molecule has 0 fully saturated rings. The number of ether oxygens (including phenoxy) is 2. The second kappa shape index (κ2) is 7.08. The molecule has 0 atom stereocenters.